The number of carbonyl (C=O) groups is 2. The van der Waals surface area contributed by atoms with Crippen LogP contribution in [0.15, 0.2) is 59.6 Å². The molecule has 26 heavy (non-hydrogen) atoms. The molecular formula is C18H16BrClN2O4. The quantitative estimate of drug-likeness (QED) is 0.511. The molecule has 0 heterocycles. The van der Waals surface area contributed by atoms with Crippen molar-refractivity contribution >= 4 is 39.3 Å². The molecule has 0 aliphatic heterocycles. The van der Waals surface area contributed by atoms with E-state index in [0.29, 0.717) is 16.5 Å². The van der Waals surface area contributed by atoms with Gasteiger partial charge in [-0.05, 0) is 30.3 Å². The van der Waals surface area contributed by atoms with Gasteiger partial charge in [0.2, 0.25) is 0 Å². The maximum Gasteiger partial charge on any atom is 0.276 e. The van der Waals surface area contributed by atoms with E-state index in [9.17, 15) is 9.59 Å². The van der Waals surface area contributed by atoms with Gasteiger partial charge in [0.1, 0.15) is 18.1 Å². The van der Waals surface area contributed by atoms with E-state index in [4.69, 9.17) is 21.1 Å². The van der Waals surface area contributed by atoms with Crippen molar-refractivity contribution in [3.63, 3.8) is 0 Å². The summed E-state index contributed by atoms with van der Waals surface area (Å²) in [5, 5.41) is 0.365. The molecule has 0 aliphatic rings. The fourth-order valence-corrected chi connectivity index (χ4v) is 2.62. The highest BCUT2D eigenvalue weighted by molar-refractivity contribution is 9.10. The molecule has 0 saturated carbocycles. The van der Waals surface area contributed by atoms with Gasteiger partial charge in [-0.2, -0.15) is 0 Å². The second-order valence-electron chi connectivity index (χ2n) is 4.96. The zero-order chi connectivity index (χ0) is 18.9. The largest absolute Gasteiger partial charge is 0.489 e. The number of rotatable bonds is 7. The lowest BCUT2D eigenvalue weighted by atomic mass is 10.2. The van der Waals surface area contributed by atoms with Crippen LogP contribution in [-0.2, 0) is 4.79 Å². The second-order valence-corrected chi connectivity index (χ2v) is 6.28. The Morgan fingerprint density at radius 3 is 2.62 bits per heavy atom. The molecular weight excluding hydrogens is 424 g/mol. The third-order valence-corrected chi connectivity index (χ3v) is 3.85. The Balaban J connectivity index is 1.87. The first-order valence-electron chi connectivity index (χ1n) is 7.51. The SMILES string of the molecule is C=CCOc1ccccc1C(=O)NNC(=O)COc1ccc(Br)cc1Cl. The highest BCUT2D eigenvalue weighted by Crippen LogP contribution is 2.27. The van der Waals surface area contributed by atoms with E-state index >= 15 is 0 Å². The lowest BCUT2D eigenvalue weighted by molar-refractivity contribution is -0.123. The van der Waals surface area contributed by atoms with Crippen molar-refractivity contribution in [2.45, 2.75) is 0 Å². The Kier molecular flexibility index (Phi) is 7.50. The smallest absolute Gasteiger partial charge is 0.276 e. The molecule has 0 saturated heterocycles. The Morgan fingerprint density at radius 1 is 1.12 bits per heavy atom. The monoisotopic (exact) mass is 438 g/mol. The molecule has 0 fully saturated rings. The summed E-state index contributed by atoms with van der Waals surface area (Å²) in [5.41, 5.74) is 4.87. The first kappa shape index (κ1) is 19.8. The number of carbonyl (C=O) groups excluding carboxylic acids is 2. The molecule has 2 amide bonds. The van der Waals surface area contributed by atoms with E-state index in [2.05, 4.69) is 33.4 Å². The van der Waals surface area contributed by atoms with E-state index in [1.807, 2.05) is 0 Å². The molecule has 0 aromatic heterocycles. The first-order chi connectivity index (χ1) is 12.5. The summed E-state index contributed by atoms with van der Waals surface area (Å²) in [4.78, 5) is 24.0. The molecule has 0 bridgehead atoms. The Bertz CT molecular complexity index is 814. The van der Waals surface area contributed by atoms with Crippen molar-refractivity contribution < 1.29 is 19.1 Å². The number of para-hydroxylation sites is 1. The number of hydrazine groups is 1. The number of nitrogens with one attached hydrogen (secondary N) is 2. The summed E-state index contributed by atoms with van der Waals surface area (Å²) in [6.45, 7) is 3.51. The topological polar surface area (TPSA) is 76.7 Å². The van der Waals surface area contributed by atoms with Crippen LogP contribution in [-0.4, -0.2) is 25.0 Å². The van der Waals surface area contributed by atoms with Gasteiger partial charge >= 0.3 is 0 Å². The minimum atomic E-state index is -0.540. The van der Waals surface area contributed by atoms with Crippen molar-refractivity contribution in [3.8, 4) is 11.5 Å². The molecule has 0 radical (unpaired) electrons. The van der Waals surface area contributed by atoms with Gasteiger partial charge in [0, 0.05) is 4.47 Å². The molecule has 0 spiro atoms. The van der Waals surface area contributed by atoms with E-state index in [1.165, 1.54) is 0 Å². The maximum atomic E-state index is 12.2. The van der Waals surface area contributed by atoms with Crippen molar-refractivity contribution in [1.29, 1.82) is 0 Å². The Labute approximate surface area is 164 Å². The number of ether oxygens (including phenoxy) is 2. The van der Waals surface area contributed by atoms with Crippen LogP contribution in [0, 0.1) is 0 Å². The van der Waals surface area contributed by atoms with Gasteiger partial charge in [0.15, 0.2) is 6.61 Å². The van der Waals surface area contributed by atoms with E-state index in [1.54, 1.807) is 48.5 Å². The molecule has 2 rings (SSSR count). The fraction of sp³-hybridized carbons (Fsp3) is 0.111. The van der Waals surface area contributed by atoms with Crippen molar-refractivity contribution in [1.82, 2.24) is 10.9 Å². The fourth-order valence-electron chi connectivity index (χ4n) is 1.89. The van der Waals surface area contributed by atoms with Gasteiger partial charge in [-0.25, -0.2) is 0 Å². The van der Waals surface area contributed by atoms with Crippen molar-refractivity contribution in [2.24, 2.45) is 0 Å². The van der Waals surface area contributed by atoms with Gasteiger partial charge < -0.3 is 9.47 Å². The molecule has 2 N–H and O–H groups in total. The predicted octanol–water partition coefficient (Wildman–Crippen LogP) is 3.51. The van der Waals surface area contributed by atoms with Crippen LogP contribution in [0.4, 0.5) is 0 Å². The van der Waals surface area contributed by atoms with Gasteiger partial charge in [-0.15, -0.1) is 0 Å². The number of hydrogen-bond donors (Lipinski definition) is 2. The zero-order valence-electron chi connectivity index (χ0n) is 13.6. The van der Waals surface area contributed by atoms with Crippen LogP contribution in [0.3, 0.4) is 0 Å². The molecule has 8 heteroatoms. The normalized spacial score (nSPS) is 9.92. The lowest BCUT2D eigenvalue weighted by Gasteiger charge is -2.12. The summed E-state index contributed by atoms with van der Waals surface area (Å²) in [5.74, 6) is -0.307. The van der Waals surface area contributed by atoms with Crippen LogP contribution in [0.25, 0.3) is 0 Å². The Morgan fingerprint density at radius 2 is 1.88 bits per heavy atom. The number of hydrogen-bond acceptors (Lipinski definition) is 4. The molecule has 0 unspecified atom stereocenters. The number of benzene rings is 2. The highest BCUT2D eigenvalue weighted by Gasteiger charge is 2.13. The Hall–Kier alpha value is -2.51. The molecule has 136 valence electrons. The maximum absolute atomic E-state index is 12.2. The van der Waals surface area contributed by atoms with Crippen LogP contribution < -0.4 is 20.3 Å². The van der Waals surface area contributed by atoms with Crippen LogP contribution in [0.5, 0.6) is 11.5 Å². The van der Waals surface area contributed by atoms with Crippen LogP contribution >= 0.6 is 27.5 Å². The molecule has 0 atom stereocenters. The van der Waals surface area contributed by atoms with E-state index in [0.717, 1.165) is 4.47 Å². The van der Waals surface area contributed by atoms with Gasteiger partial charge in [-0.3, -0.25) is 20.4 Å². The minimum absolute atomic E-state index is 0.262. The van der Waals surface area contributed by atoms with Crippen molar-refractivity contribution in [2.75, 3.05) is 13.2 Å². The van der Waals surface area contributed by atoms with Crippen molar-refractivity contribution in [3.05, 3.63) is 70.2 Å². The average Bonchev–Trinajstić information content (AvgIpc) is 2.64. The zero-order valence-corrected chi connectivity index (χ0v) is 16.0. The summed E-state index contributed by atoms with van der Waals surface area (Å²) < 4.78 is 11.5. The molecule has 0 aliphatic carbocycles. The molecule has 2 aromatic carbocycles. The van der Waals surface area contributed by atoms with Gasteiger partial charge in [0.25, 0.3) is 11.8 Å². The van der Waals surface area contributed by atoms with Gasteiger partial charge in [0.05, 0.1) is 10.6 Å². The predicted molar refractivity (Wildman–Crippen MR) is 102 cm³/mol. The summed E-state index contributed by atoms with van der Waals surface area (Å²) in [7, 11) is 0. The number of amides is 2. The van der Waals surface area contributed by atoms with Crippen LogP contribution in [0.1, 0.15) is 10.4 Å². The summed E-state index contributed by atoms with van der Waals surface area (Å²) >= 11 is 9.28. The van der Waals surface area contributed by atoms with E-state index in [-0.39, 0.29) is 18.8 Å². The minimum Gasteiger partial charge on any atom is -0.489 e. The summed E-state index contributed by atoms with van der Waals surface area (Å²) in [6.07, 6.45) is 1.57. The third kappa shape index (κ3) is 5.79. The standard InChI is InChI=1S/C18H16BrClN2O4/c1-2-9-25-15-6-4-3-5-13(15)18(24)22-21-17(23)11-26-16-8-7-12(19)10-14(16)20/h2-8,10H,1,9,11H2,(H,21,23)(H,22,24). The third-order valence-electron chi connectivity index (χ3n) is 3.06. The molecule has 6 nitrogen and oxygen atoms in total. The molecule has 2 aromatic rings. The van der Waals surface area contributed by atoms with E-state index < -0.39 is 11.8 Å². The highest BCUT2D eigenvalue weighted by atomic mass is 79.9. The van der Waals surface area contributed by atoms with Crippen LogP contribution in [0.2, 0.25) is 5.02 Å². The van der Waals surface area contributed by atoms with Gasteiger partial charge in [-0.1, -0.05) is 52.3 Å². The lowest BCUT2D eigenvalue weighted by Crippen LogP contribution is -2.43. The first-order valence-corrected chi connectivity index (χ1v) is 8.68. The summed E-state index contributed by atoms with van der Waals surface area (Å²) in [6, 6.07) is 11.7. The second kappa shape index (κ2) is 9.84. The average molecular weight is 440 g/mol. The number of halogens is 2.